The Labute approximate surface area is 82.8 Å². The third kappa shape index (κ3) is 2.04. The Bertz CT molecular complexity index is 213. The Morgan fingerprint density at radius 2 is 2.42 bits per heavy atom. The lowest BCUT2D eigenvalue weighted by molar-refractivity contribution is -0.150. The molecule has 1 heterocycles. The van der Waals surface area contributed by atoms with Crippen molar-refractivity contribution in [3.05, 3.63) is 0 Å². The lowest BCUT2D eigenvalue weighted by Crippen LogP contribution is -2.46. The second-order valence-corrected chi connectivity index (χ2v) is 3.43. The fourth-order valence-corrected chi connectivity index (χ4v) is 1.67. The molecule has 0 radical (unpaired) electrons. The van der Waals surface area contributed by atoms with Crippen LogP contribution in [0.3, 0.4) is 0 Å². The number of ether oxygens (including phenoxy) is 1. The number of hydrogen-bond donors (Lipinski definition) is 0. The lowest BCUT2D eigenvalue weighted by atomic mass is 10.3. The van der Waals surface area contributed by atoms with Crippen molar-refractivity contribution in [1.82, 2.24) is 4.31 Å². The van der Waals surface area contributed by atoms with Crippen LogP contribution in [0, 0.1) is 0 Å². The number of carbonyl (C=O) groups is 2. The molecule has 4 nitrogen and oxygen atoms in total. The maximum Gasteiger partial charge on any atom is 0.271 e. The third-order valence-electron chi connectivity index (χ3n) is 1.34. The molecule has 0 bridgehead atoms. The largest absolute Gasteiger partial charge is 0.358 e. The number of morpholine rings is 1. The summed E-state index contributed by atoms with van der Waals surface area (Å²) in [7, 11) is 5.36. The standard InChI is InChI=1S/C5H5Cl2NO3S/c6-4(9)3-5(10)8(12-7)1-2-11-3/h3H,1-2H2. The van der Waals surface area contributed by atoms with E-state index >= 15 is 0 Å². The van der Waals surface area contributed by atoms with Crippen molar-refractivity contribution in [2.75, 3.05) is 13.2 Å². The van der Waals surface area contributed by atoms with E-state index in [1.165, 1.54) is 4.31 Å². The number of amides is 1. The summed E-state index contributed by atoms with van der Waals surface area (Å²) >= 11 is 5.85. The van der Waals surface area contributed by atoms with Crippen LogP contribution < -0.4 is 0 Å². The van der Waals surface area contributed by atoms with E-state index in [9.17, 15) is 9.59 Å². The van der Waals surface area contributed by atoms with Crippen LogP contribution in [0.2, 0.25) is 0 Å². The van der Waals surface area contributed by atoms with Gasteiger partial charge in [-0.1, -0.05) is 0 Å². The molecular formula is C5H5Cl2NO3S. The fraction of sp³-hybridized carbons (Fsp3) is 0.600. The van der Waals surface area contributed by atoms with Gasteiger partial charge in [-0.25, -0.2) is 0 Å². The van der Waals surface area contributed by atoms with E-state index in [0.717, 1.165) is 11.2 Å². The molecule has 1 rings (SSSR count). The van der Waals surface area contributed by atoms with E-state index in [-0.39, 0.29) is 6.61 Å². The van der Waals surface area contributed by atoms with Gasteiger partial charge in [0.15, 0.2) is 0 Å². The minimum atomic E-state index is -1.19. The molecule has 0 N–H and O–H groups in total. The molecule has 0 aliphatic carbocycles. The quantitative estimate of drug-likeness (QED) is 0.399. The predicted molar refractivity (Wildman–Crippen MR) is 45.8 cm³/mol. The van der Waals surface area contributed by atoms with Crippen LogP contribution in [0.15, 0.2) is 0 Å². The first-order valence-electron chi connectivity index (χ1n) is 3.08. The summed E-state index contributed by atoms with van der Waals surface area (Å²) in [6.45, 7) is 0.641. The summed E-state index contributed by atoms with van der Waals surface area (Å²) in [5, 5.41) is -0.810. The van der Waals surface area contributed by atoms with Crippen LogP contribution >= 0.6 is 33.4 Å². The maximum absolute atomic E-state index is 11.2. The Kier molecular flexibility index (Phi) is 3.64. The molecule has 0 aromatic rings. The smallest absolute Gasteiger partial charge is 0.271 e. The maximum atomic E-state index is 11.2. The Balaban J connectivity index is 2.66. The van der Waals surface area contributed by atoms with Crippen LogP contribution in [-0.4, -0.2) is 34.7 Å². The van der Waals surface area contributed by atoms with E-state index in [0.29, 0.717) is 6.54 Å². The molecule has 0 saturated carbocycles. The SMILES string of the molecule is O=C(Cl)C1OCCN(SCl)C1=O. The van der Waals surface area contributed by atoms with Crippen molar-refractivity contribution < 1.29 is 14.3 Å². The Morgan fingerprint density at radius 3 is 2.92 bits per heavy atom. The Morgan fingerprint density at radius 1 is 1.75 bits per heavy atom. The third-order valence-corrected chi connectivity index (χ3v) is 2.57. The molecule has 1 fully saturated rings. The van der Waals surface area contributed by atoms with Gasteiger partial charge < -0.3 is 4.74 Å². The van der Waals surface area contributed by atoms with Gasteiger partial charge in [-0.15, -0.1) is 0 Å². The van der Waals surface area contributed by atoms with Crippen molar-refractivity contribution in [1.29, 1.82) is 0 Å². The lowest BCUT2D eigenvalue weighted by Gasteiger charge is -2.27. The molecule has 0 aromatic carbocycles. The minimum Gasteiger partial charge on any atom is -0.358 e. The van der Waals surface area contributed by atoms with Gasteiger partial charge in [0.2, 0.25) is 6.10 Å². The molecule has 1 unspecified atom stereocenters. The van der Waals surface area contributed by atoms with Crippen LogP contribution in [0.5, 0.6) is 0 Å². The summed E-state index contributed by atoms with van der Waals surface area (Å²) in [5.74, 6) is -0.499. The van der Waals surface area contributed by atoms with Crippen molar-refractivity contribution in [2.45, 2.75) is 6.10 Å². The first kappa shape index (κ1) is 10.1. The first-order valence-corrected chi connectivity index (χ1v) is 5.05. The van der Waals surface area contributed by atoms with Crippen molar-refractivity contribution >= 4 is 44.6 Å². The van der Waals surface area contributed by atoms with Gasteiger partial charge >= 0.3 is 0 Å². The number of carbonyl (C=O) groups excluding carboxylic acids is 2. The number of rotatable bonds is 2. The van der Waals surface area contributed by atoms with Crippen molar-refractivity contribution in [3.63, 3.8) is 0 Å². The topological polar surface area (TPSA) is 46.6 Å². The molecule has 12 heavy (non-hydrogen) atoms. The van der Waals surface area contributed by atoms with Gasteiger partial charge in [0, 0.05) is 0 Å². The molecule has 1 amide bonds. The zero-order chi connectivity index (χ0) is 9.14. The Hall–Kier alpha value is 0.0300. The van der Waals surface area contributed by atoms with Crippen LogP contribution in [-0.2, 0) is 14.3 Å². The number of halogens is 2. The molecular weight excluding hydrogens is 225 g/mol. The normalized spacial score (nSPS) is 24.3. The summed E-state index contributed by atoms with van der Waals surface area (Å²) < 4.78 is 6.07. The molecule has 1 aliphatic rings. The number of nitrogens with zero attached hydrogens (tertiary/aromatic N) is 1. The zero-order valence-corrected chi connectivity index (χ0v) is 8.16. The van der Waals surface area contributed by atoms with Gasteiger partial charge in [-0.3, -0.25) is 13.9 Å². The van der Waals surface area contributed by atoms with Crippen LogP contribution in [0.1, 0.15) is 0 Å². The average Bonchev–Trinajstić information content (AvgIpc) is 2.04. The van der Waals surface area contributed by atoms with Gasteiger partial charge in [-0.05, 0) is 22.3 Å². The fourth-order valence-electron chi connectivity index (χ4n) is 0.797. The molecule has 1 saturated heterocycles. The van der Waals surface area contributed by atoms with Crippen LogP contribution in [0.25, 0.3) is 0 Å². The van der Waals surface area contributed by atoms with Gasteiger partial charge in [-0.2, -0.15) is 0 Å². The molecule has 1 atom stereocenters. The summed E-state index contributed by atoms with van der Waals surface area (Å²) in [6.07, 6.45) is -1.19. The van der Waals surface area contributed by atoms with Gasteiger partial charge in [0.05, 0.1) is 24.3 Å². The van der Waals surface area contributed by atoms with E-state index in [1.807, 2.05) is 0 Å². The van der Waals surface area contributed by atoms with Crippen LogP contribution in [0.4, 0.5) is 0 Å². The summed E-state index contributed by atoms with van der Waals surface area (Å²) in [5.41, 5.74) is 0. The number of hydrogen-bond acceptors (Lipinski definition) is 4. The van der Waals surface area contributed by atoms with E-state index in [1.54, 1.807) is 0 Å². The summed E-state index contributed by atoms with van der Waals surface area (Å²) in [4.78, 5) is 21.8. The monoisotopic (exact) mass is 229 g/mol. The van der Waals surface area contributed by atoms with E-state index in [2.05, 4.69) is 0 Å². The van der Waals surface area contributed by atoms with Gasteiger partial charge in [0.25, 0.3) is 11.1 Å². The second-order valence-electron chi connectivity index (χ2n) is 2.06. The molecule has 7 heteroatoms. The zero-order valence-electron chi connectivity index (χ0n) is 5.83. The highest BCUT2D eigenvalue weighted by atomic mass is 35.7. The highest BCUT2D eigenvalue weighted by molar-refractivity contribution is 8.19. The summed E-state index contributed by atoms with van der Waals surface area (Å²) in [6, 6.07) is 0. The molecule has 1 aliphatic heterocycles. The molecule has 0 spiro atoms. The van der Waals surface area contributed by atoms with Gasteiger partial charge in [0.1, 0.15) is 0 Å². The van der Waals surface area contributed by atoms with Crippen molar-refractivity contribution in [3.8, 4) is 0 Å². The molecule has 0 aromatic heterocycles. The average molecular weight is 230 g/mol. The van der Waals surface area contributed by atoms with E-state index in [4.69, 9.17) is 27.0 Å². The second kappa shape index (κ2) is 4.32. The van der Waals surface area contributed by atoms with E-state index < -0.39 is 17.3 Å². The first-order chi connectivity index (χ1) is 5.66. The minimum absolute atomic E-state index is 0.272. The predicted octanol–water partition coefficient (Wildman–Crippen LogP) is 0.781. The molecule has 68 valence electrons. The highest BCUT2D eigenvalue weighted by Crippen LogP contribution is 2.20. The van der Waals surface area contributed by atoms with Crippen molar-refractivity contribution in [2.24, 2.45) is 0 Å². The highest BCUT2D eigenvalue weighted by Gasteiger charge is 2.34.